The number of aryl methyl sites for hydroxylation is 2. The Labute approximate surface area is 184 Å². The second kappa shape index (κ2) is 12.4. The van der Waals surface area contributed by atoms with Gasteiger partial charge in [-0.3, -0.25) is 14.5 Å². The van der Waals surface area contributed by atoms with E-state index in [1.807, 2.05) is 48.3 Å². The normalized spacial score (nSPS) is 10.9. The molecule has 0 bridgehead atoms. The van der Waals surface area contributed by atoms with Crippen LogP contribution in [-0.4, -0.2) is 60.8 Å². The number of hydrogen-bond acceptors (Lipinski definition) is 3. The minimum Gasteiger partial charge on any atom is -0.356 e. The molecule has 2 rings (SSSR count). The van der Waals surface area contributed by atoms with Gasteiger partial charge in [-0.25, -0.2) is 0 Å². The minimum atomic E-state index is 0. The van der Waals surface area contributed by atoms with E-state index in [-0.39, 0.29) is 29.9 Å². The molecule has 1 heterocycles. The van der Waals surface area contributed by atoms with Crippen molar-refractivity contribution in [1.82, 2.24) is 25.3 Å². The number of nitrogens with one attached hydrogen (secondary N) is 2. The third-order valence-electron chi connectivity index (χ3n) is 4.13. The van der Waals surface area contributed by atoms with Crippen LogP contribution < -0.4 is 10.6 Å². The van der Waals surface area contributed by atoms with Crippen molar-refractivity contribution in [3.05, 3.63) is 53.3 Å². The van der Waals surface area contributed by atoms with E-state index in [4.69, 9.17) is 0 Å². The first-order chi connectivity index (χ1) is 13.0. The van der Waals surface area contributed by atoms with Crippen LogP contribution in [0, 0.1) is 6.92 Å². The average Bonchev–Trinajstić information content (AvgIpc) is 3.08. The van der Waals surface area contributed by atoms with Crippen LogP contribution in [0.1, 0.15) is 27.9 Å². The summed E-state index contributed by atoms with van der Waals surface area (Å²) in [4.78, 5) is 17.9. The minimum absolute atomic E-state index is 0. The highest BCUT2D eigenvalue weighted by atomic mass is 127. The summed E-state index contributed by atoms with van der Waals surface area (Å²) >= 11 is 0. The van der Waals surface area contributed by atoms with Crippen molar-refractivity contribution >= 4 is 35.8 Å². The summed E-state index contributed by atoms with van der Waals surface area (Å²) in [5.74, 6) is 0.807. The molecule has 28 heavy (non-hydrogen) atoms. The van der Waals surface area contributed by atoms with E-state index in [0.717, 1.165) is 44.0 Å². The Kier molecular flexibility index (Phi) is 10.6. The highest BCUT2D eigenvalue weighted by molar-refractivity contribution is 14.0. The van der Waals surface area contributed by atoms with Crippen molar-refractivity contribution in [2.45, 2.75) is 26.3 Å². The maximum absolute atomic E-state index is 12.1. The van der Waals surface area contributed by atoms with Crippen LogP contribution in [0.4, 0.5) is 0 Å². The Morgan fingerprint density at radius 2 is 2.00 bits per heavy atom. The fourth-order valence-corrected chi connectivity index (χ4v) is 2.70. The van der Waals surface area contributed by atoms with Gasteiger partial charge in [0.25, 0.3) is 5.91 Å². The summed E-state index contributed by atoms with van der Waals surface area (Å²) in [6.07, 6.45) is 5.70. The van der Waals surface area contributed by atoms with Gasteiger partial charge in [0.1, 0.15) is 0 Å². The van der Waals surface area contributed by atoms with E-state index in [1.54, 1.807) is 26.0 Å². The second-order valence-corrected chi connectivity index (χ2v) is 6.71. The zero-order valence-electron chi connectivity index (χ0n) is 17.1. The maximum atomic E-state index is 12.1. The summed E-state index contributed by atoms with van der Waals surface area (Å²) in [7, 11) is 5.29. The summed E-state index contributed by atoms with van der Waals surface area (Å²) in [6.45, 7) is 4.49. The number of benzene rings is 1. The van der Waals surface area contributed by atoms with Crippen LogP contribution in [0.25, 0.3) is 0 Å². The molecule has 1 aromatic heterocycles. The fraction of sp³-hybridized carbons (Fsp3) is 0.450. The maximum Gasteiger partial charge on any atom is 0.253 e. The highest BCUT2D eigenvalue weighted by Gasteiger charge is 2.08. The molecule has 0 aliphatic heterocycles. The van der Waals surface area contributed by atoms with Gasteiger partial charge in [0.2, 0.25) is 0 Å². The molecule has 0 aliphatic carbocycles. The monoisotopic (exact) mass is 498 g/mol. The number of aromatic nitrogens is 2. The zero-order valence-corrected chi connectivity index (χ0v) is 19.4. The first-order valence-corrected chi connectivity index (χ1v) is 9.23. The molecule has 0 spiro atoms. The van der Waals surface area contributed by atoms with E-state index in [2.05, 4.69) is 20.7 Å². The molecule has 0 aliphatic rings. The molecule has 0 unspecified atom stereocenters. The number of halogens is 1. The van der Waals surface area contributed by atoms with E-state index in [9.17, 15) is 4.79 Å². The summed E-state index contributed by atoms with van der Waals surface area (Å²) in [5, 5.41) is 10.9. The third kappa shape index (κ3) is 7.87. The second-order valence-electron chi connectivity index (χ2n) is 6.71. The quantitative estimate of drug-likeness (QED) is 0.254. The van der Waals surface area contributed by atoms with Gasteiger partial charge in [0.15, 0.2) is 5.96 Å². The summed E-state index contributed by atoms with van der Waals surface area (Å²) in [5.41, 5.74) is 3.02. The molecule has 7 nitrogen and oxygen atoms in total. The average molecular weight is 498 g/mol. The van der Waals surface area contributed by atoms with Crippen LogP contribution >= 0.6 is 24.0 Å². The van der Waals surface area contributed by atoms with Crippen molar-refractivity contribution in [1.29, 1.82) is 0 Å². The fourth-order valence-electron chi connectivity index (χ4n) is 2.70. The van der Waals surface area contributed by atoms with Crippen LogP contribution in [0.2, 0.25) is 0 Å². The molecule has 1 amide bonds. The van der Waals surface area contributed by atoms with Gasteiger partial charge in [-0.05, 0) is 43.0 Å². The first kappa shape index (κ1) is 23.9. The number of rotatable bonds is 8. The number of carbonyl (C=O) groups excluding carboxylic acids is 1. The lowest BCUT2D eigenvalue weighted by Crippen LogP contribution is -2.39. The number of carbonyl (C=O) groups is 1. The predicted octanol–water partition coefficient (Wildman–Crippen LogP) is 2.31. The van der Waals surface area contributed by atoms with Gasteiger partial charge < -0.3 is 15.5 Å². The van der Waals surface area contributed by atoms with Gasteiger partial charge >= 0.3 is 0 Å². The molecule has 0 atom stereocenters. The van der Waals surface area contributed by atoms with Crippen LogP contribution in [0.3, 0.4) is 0 Å². The van der Waals surface area contributed by atoms with E-state index in [1.165, 1.54) is 5.56 Å². The number of guanidine groups is 1. The molecular formula is C20H31IN6O. The molecule has 0 saturated heterocycles. The van der Waals surface area contributed by atoms with Gasteiger partial charge in [-0.1, -0.05) is 12.1 Å². The van der Waals surface area contributed by atoms with Gasteiger partial charge in [0, 0.05) is 52.5 Å². The molecule has 0 fully saturated rings. The van der Waals surface area contributed by atoms with Gasteiger partial charge in [0.05, 0.1) is 6.20 Å². The number of nitrogens with zero attached hydrogens (tertiary/aromatic N) is 4. The standard InChI is InChI=1S/C20H30N6O.HI/c1-16-14-24-26(15-16)12-6-10-22-20(21-2)23-11-9-17-7-5-8-18(13-17)19(27)25(3)4;/h5,7-8,13-15H,6,9-12H2,1-4H3,(H2,21,22,23);1H. The SMILES string of the molecule is CN=C(NCCCn1cc(C)cn1)NCCc1cccc(C(=O)N(C)C)c1.I. The molecule has 0 saturated carbocycles. The Bertz CT molecular complexity index is 772. The predicted molar refractivity (Wildman–Crippen MR) is 125 cm³/mol. The van der Waals surface area contributed by atoms with Crippen molar-refractivity contribution in [2.24, 2.45) is 4.99 Å². The summed E-state index contributed by atoms with van der Waals surface area (Å²) < 4.78 is 1.95. The van der Waals surface area contributed by atoms with Gasteiger partial charge in [-0.2, -0.15) is 5.10 Å². The van der Waals surface area contributed by atoms with Crippen LogP contribution in [-0.2, 0) is 13.0 Å². The molecule has 0 radical (unpaired) electrons. The Morgan fingerprint density at radius 1 is 1.25 bits per heavy atom. The largest absolute Gasteiger partial charge is 0.356 e. The van der Waals surface area contributed by atoms with Crippen molar-refractivity contribution in [2.75, 3.05) is 34.2 Å². The molecule has 8 heteroatoms. The molecule has 2 N–H and O–H groups in total. The lowest BCUT2D eigenvalue weighted by Gasteiger charge is -2.13. The number of aliphatic imine (C=N–C) groups is 1. The van der Waals surface area contributed by atoms with Crippen molar-refractivity contribution in [3.63, 3.8) is 0 Å². The van der Waals surface area contributed by atoms with Crippen molar-refractivity contribution in [3.8, 4) is 0 Å². The molecule has 1 aromatic carbocycles. The molecule has 2 aromatic rings. The zero-order chi connectivity index (χ0) is 19.6. The van der Waals surface area contributed by atoms with Crippen LogP contribution in [0.5, 0.6) is 0 Å². The number of amides is 1. The molecular weight excluding hydrogens is 467 g/mol. The highest BCUT2D eigenvalue weighted by Crippen LogP contribution is 2.07. The Hall–Kier alpha value is -2.10. The first-order valence-electron chi connectivity index (χ1n) is 9.23. The third-order valence-corrected chi connectivity index (χ3v) is 4.13. The van der Waals surface area contributed by atoms with Gasteiger partial charge in [-0.15, -0.1) is 24.0 Å². The number of hydrogen-bond donors (Lipinski definition) is 2. The van der Waals surface area contributed by atoms with E-state index >= 15 is 0 Å². The topological polar surface area (TPSA) is 74.5 Å². The lowest BCUT2D eigenvalue weighted by atomic mass is 10.1. The lowest BCUT2D eigenvalue weighted by molar-refractivity contribution is 0.0827. The smallest absolute Gasteiger partial charge is 0.253 e. The van der Waals surface area contributed by atoms with E-state index in [0.29, 0.717) is 5.56 Å². The molecule has 154 valence electrons. The van der Waals surface area contributed by atoms with Crippen molar-refractivity contribution < 1.29 is 4.79 Å². The van der Waals surface area contributed by atoms with Crippen LogP contribution in [0.15, 0.2) is 41.7 Å². The van der Waals surface area contributed by atoms with E-state index < -0.39 is 0 Å². The Balaban J connectivity index is 0.00000392. The Morgan fingerprint density at radius 3 is 2.64 bits per heavy atom. The summed E-state index contributed by atoms with van der Waals surface area (Å²) in [6, 6.07) is 7.76.